The average Bonchev–Trinajstić information content (AvgIpc) is 2.57. The van der Waals surface area contributed by atoms with Gasteiger partial charge in [-0.2, -0.15) is 0 Å². The molecular weight excluding hydrogens is 243 g/mol. The molecule has 0 saturated carbocycles. The molecule has 3 rings (SSSR count). The van der Waals surface area contributed by atoms with Gasteiger partial charge in [0.1, 0.15) is 12.4 Å². The Morgan fingerprint density at radius 2 is 1.95 bits per heavy atom. The topological polar surface area (TPSA) is 32.7 Å². The standard InChI is InChI=1S/C15H11FN2O/c16-12-5-3-6-13(8-12)18-14-7-2-1-4-11(14)9-17-10-15(18)19/h1-9H,10H2. The van der Waals surface area contributed by atoms with Crippen LogP contribution in [-0.4, -0.2) is 18.7 Å². The number of halogens is 1. The largest absolute Gasteiger partial charge is 0.283 e. The Hall–Kier alpha value is -2.49. The van der Waals surface area contributed by atoms with Crippen molar-refractivity contribution in [3.05, 3.63) is 59.9 Å². The van der Waals surface area contributed by atoms with Crippen molar-refractivity contribution in [2.45, 2.75) is 0 Å². The first-order valence-electron chi connectivity index (χ1n) is 5.93. The van der Waals surface area contributed by atoms with E-state index in [0.29, 0.717) is 5.69 Å². The summed E-state index contributed by atoms with van der Waals surface area (Å²) in [6.07, 6.45) is 1.67. The zero-order valence-electron chi connectivity index (χ0n) is 10.1. The van der Waals surface area contributed by atoms with E-state index in [1.54, 1.807) is 18.3 Å². The fourth-order valence-electron chi connectivity index (χ4n) is 2.13. The average molecular weight is 254 g/mol. The van der Waals surface area contributed by atoms with Gasteiger partial charge in [0.25, 0.3) is 5.91 Å². The van der Waals surface area contributed by atoms with Crippen molar-refractivity contribution in [2.24, 2.45) is 4.99 Å². The smallest absolute Gasteiger partial charge is 0.253 e. The van der Waals surface area contributed by atoms with Crippen molar-refractivity contribution in [2.75, 3.05) is 11.4 Å². The van der Waals surface area contributed by atoms with Crippen LogP contribution in [0.25, 0.3) is 0 Å². The molecule has 19 heavy (non-hydrogen) atoms. The highest BCUT2D eigenvalue weighted by molar-refractivity contribution is 6.08. The highest BCUT2D eigenvalue weighted by Gasteiger charge is 2.21. The molecule has 1 aliphatic rings. The van der Waals surface area contributed by atoms with Gasteiger partial charge in [-0.05, 0) is 24.3 Å². The molecule has 0 radical (unpaired) electrons. The summed E-state index contributed by atoms with van der Waals surface area (Å²) in [5.41, 5.74) is 2.08. The lowest BCUT2D eigenvalue weighted by atomic mass is 10.1. The van der Waals surface area contributed by atoms with Crippen LogP contribution in [0.3, 0.4) is 0 Å². The molecule has 0 fully saturated rings. The monoisotopic (exact) mass is 254 g/mol. The van der Waals surface area contributed by atoms with Gasteiger partial charge in [0, 0.05) is 11.8 Å². The van der Waals surface area contributed by atoms with Gasteiger partial charge in [-0.25, -0.2) is 4.39 Å². The van der Waals surface area contributed by atoms with Crippen LogP contribution in [0.15, 0.2) is 53.5 Å². The normalized spacial score (nSPS) is 14.2. The lowest BCUT2D eigenvalue weighted by Crippen LogP contribution is -2.27. The van der Waals surface area contributed by atoms with Crippen LogP contribution in [0.4, 0.5) is 15.8 Å². The summed E-state index contributed by atoms with van der Waals surface area (Å²) in [6.45, 7) is 0.0607. The number of carbonyl (C=O) groups excluding carboxylic acids is 1. The number of carbonyl (C=O) groups is 1. The summed E-state index contributed by atoms with van der Waals surface area (Å²) in [7, 11) is 0. The third kappa shape index (κ3) is 2.12. The number of fused-ring (bicyclic) bond motifs is 1. The van der Waals surface area contributed by atoms with Crippen LogP contribution >= 0.6 is 0 Å². The molecular formula is C15H11FN2O. The maximum Gasteiger partial charge on any atom is 0.253 e. The predicted molar refractivity (Wildman–Crippen MR) is 72.4 cm³/mol. The summed E-state index contributed by atoms with van der Waals surface area (Å²) >= 11 is 0. The Kier molecular flexibility index (Phi) is 2.83. The van der Waals surface area contributed by atoms with Crippen molar-refractivity contribution in [3.63, 3.8) is 0 Å². The number of benzodiazepines with no additional fused rings is 1. The molecule has 94 valence electrons. The lowest BCUT2D eigenvalue weighted by Gasteiger charge is -2.22. The van der Waals surface area contributed by atoms with Crippen molar-refractivity contribution in [1.82, 2.24) is 0 Å². The quantitative estimate of drug-likeness (QED) is 0.770. The second kappa shape index (κ2) is 4.65. The van der Waals surface area contributed by atoms with Crippen LogP contribution in [0, 0.1) is 5.82 Å². The van der Waals surface area contributed by atoms with Crippen LogP contribution in [0.2, 0.25) is 0 Å². The zero-order chi connectivity index (χ0) is 13.2. The van der Waals surface area contributed by atoms with E-state index >= 15 is 0 Å². The van der Waals surface area contributed by atoms with Crippen LogP contribution in [0.1, 0.15) is 5.56 Å². The number of rotatable bonds is 1. The molecule has 0 spiro atoms. The van der Waals surface area contributed by atoms with Crippen LogP contribution < -0.4 is 4.90 Å². The van der Waals surface area contributed by atoms with E-state index in [-0.39, 0.29) is 18.3 Å². The van der Waals surface area contributed by atoms with Gasteiger partial charge in [-0.3, -0.25) is 14.7 Å². The maximum absolute atomic E-state index is 13.4. The molecule has 3 nitrogen and oxygen atoms in total. The minimum atomic E-state index is -0.368. The summed E-state index contributed by atoms with van der Waals surface area (Å²) in [4.78, 5) is 17.8. The number of hydrogen-bond acceptors (Lipinski definition) is 2. The molecule has 1 heterocycles. The predicted octanol–water partition coefficient (Wildman–Crippen LogP) is 2.92. The number of aliphatic imine (C=N–C) groups is 1. The number of amides is 1. The summed E-state index contributed by atoms with van der Waals surface area (Å²) < 4.78 is 13.4. The van der Waals surface area contributed by atoms with Crippen LogP contribution in [0.5, 0.6) is 0 Å². The van der Waals surface area contributed by atoms with Crippen molar-refractivity contribution in [1.29, 1.82) is 0 Å². The molecule has 2 aromatic rings. The minimum Gasteiger partial charge on any atom is -0.283 e. The van der Waals surface area contributed by atoms with Crippen molar-refractivity contribution >= 4 is 23.5 Å². The van der Waals surface area contributed by atoms with E-state index in [1.807, 2.05) is 24.3 Å². The second-order valence-corrected chi connectivity index (χ2v) is 4.24. The number of para-hydroxylation sites is 1. The second-order valence-electron chi connectivity index (χ2n) is 4.24. The number of hydrogen-bond donors (Lipinski definition) is 0. The van der Waals surface area contributed by atoms with E-state index in [4.69, 9.17) is 0 Å². The summed E-state index contributed by atoms with van der Waals surface area (Å²) in [5, 5.41) is 0. The van der Waals surface area contributed by atoms with E-state index < -0.39 is 0 Å². The molecule has 0 unspecified atom stereocenters. The fourth-order valence-corrected chi connectivity index (χ4v) is 2.13. The Bertz CT molecular complexity index is 667. The van der Waals surface area contributed by atoms with Crippen molar-refractivity contribution < 1.29 is 9.18 Å². The SMILES string of the molecule is O=C1CN=Cc2ccccc2N1c1cccc(F)c1. The molecule has 0 bridgehead atoms. The van der Waals surface area contributed by atoms with Gasteiger partial charge in [0.15, 0.2) is 0 Å². The van der Waals surface area contributed by atoms with E-state index in [1.165, 1.54) is 17.0 Å². The van der Waals surface area contributed by atoms with Gasteiger partial charge in [-0.15, -0.1) is 0 Å². The Balaban J connectivity index is 2.17. The first-order valence-corrected chi connectivity index (χ1v) is 5.93. The molecule has 1 aliphatic heterocycles. The first kappa shape index (κ1) is 11.6. The van der Waals surface area contributed by atoms with E-state index in [0.717, 1.165) is 11.3 Å². The first-order chi connectivity index (χ1) is 9.25. The molecule has 0 N–H and O–H groups in total. The third-order valence-corrected chi connectivity index (χ3v) is 2.95. The third-order valence-electron chi connectivity index (χ3n) is 2.95. The van der Waals surface area contributed by atoms with Crippen LogP contribution in [-0.2, 0) is 4.79 Å². The van der Waals surface area contributed by atoms with E-state index in [9.17, 15) is 9.18 Å². The van der Waals surface area contributed by atoms with Gasteiger partial charge in [0.2, 0.25) is 0 Å². The van der Waals surface area contributed by atoms with Gasteiger partial charge in [-0.1, -0.05) is 24.3 Å². The molecule has 0 saturated heterocycles. The molecule has 0 aliphatic carbocycles. The number of anilines is 2. The Morgan fingerprint density at radius 1 is 1.11 bits per heavy atom. The molecule has 0 aromatic heterocycles. The zero-order valence-corrected chi connectivity index (χ0v) is 10.1. The van der Waals surface area contributed by atoms with Crippen molar-refractivity contribution in [3.8, 4) is 0 Å². The molecule has 0 atom stereocenters. The molecule has 2 aromatic carbocycles. The Labute approximate surface area is 110 Å². The van der Waals surface area contributed by atoms with Gasteiger partial charge < -0.3 is 0 Å². The van der Waals surface area contributed by atoms with Gasteiger partial charge >= 0.3 is 0 Å². The number of nitrogens with zero attached hydrogens (tertiary/aromatic N) is 2. The summed E-state index contributed by atoms with van der Waals surface area (Å²) in [6, 6.07) is 13.4. The highest BCUT2D eigenvalue weighted by Crippen LogP contribution is 2.29. The highest BCUT2D eigenvalue weighted by atomic mass is 19.1. The minimum absolute atomic E-state index is 0.0607. The summed E-state index contributed by atoms with van der Waals surface area (Å²) in [5.74, 6) is -0.542. The van der Waals surface area contributed by atoms with Gasteiger partial charge in [0.05, 0.1) is 11.4 Å². The number of benzene rings is 2. The molecule has 1 amide bonds. The van der Waals surface area contributed by atoms with E-state index in [2.05, 4.69) is 4.99 Å². The molecule has 4 heteroatoms. The lowest BCUT2D eigenvalue weighted by molar-refractivity contribution is -0.116. The maximum atomic E-state index is 13.4. The fraction of sp³-hybridized carbons (Fsp3) is 0.0667. The Morgan fingerprint density at radius 3 is 2.79 bits per heavy atom.